The van der Waals surface area contributed by atoms with Gasteiger partial charge in [0.2, 0.25) is 0 Å². The number of nitrogens with one attached hydrogen (secondary N) is 3. The molecule has 0 bridgehead atoms. The van der Waals surface area contributed by atoms with Gasteiger partial charge in [-0.3, -0.25) is 14.8 Å². The van der Waals surface area contributed by atoms with Crippen LogP contribution in [0.15, 0.2) is 73.2 Å². The van der Waals surface area contributed by atoms with Crippen molar-refractivity contribution < 1.29 is 4.79 Å². The van der Waals surface area contributed by atoms with Gasteiger partial charge in [-0.2, -0.15) is 0 Å². The van der Waals surface area contributed by atoms with Crippen LogP contribution in [0.25, 0.3) is 10.8 Å². The largest absolute Gasteiger partial charge is 0.367 e. The monoisotopic (exact) mass is 385 g/mol. The Kier molecular flexibility index (Phi) is 5.52. The average Bonchev–Trinajstić information content (AvgIpc) is 2.78. The molecule has 0 aliphatic carbocycles. The SMILES string of the molecule is O=C(NCCNc1ccc(Nc2ccncc2)nn1)c1nccc2ccccc12. The van der Waals surface area contributed by atoms with Crippen molar-refractivity contribution in [2.24, 2.45) is 0 Å². The van der Waals surface area contributed by atoms with E-state index < -0.39 is 0 Å². The van der Waals surface area contributed by atoms with Crippen LogP contribution in [0.2, 0.25) is 0 Å². The van der Waals surface area contributed by atoms with Crippen LogP contribution in [-0.4, -0.2) is 39.2 Å². The summed E-state index contributed by atoms with van der Waals surface area (Å²) in [5.41, 5.74) is 1.31. The second-order valence-corrected chi connectivity index (χ2v) is 6.23. The number of aromatic nitrogens is 4. The number of hydrogen-bond donors (Lipinski definition) is 3. The fourth-order valence-corrected chi connectivity index (χ4v) is 2.83. The van der Waals surface area contributed by atoms with Gasteiger partial charge in [0.05, 0.1) is 0 Å². The molecule has 3 aromatic heterocycles. The third kappa shape index (κ3) is 4.62. The maximum absolute atomic E-state index is 12.4. The molecule has 8 heteroatoms. The van der Waals surface area contributed by atoms with E-state index >= 15 is 0 Å². The molecule has 3 heterocycles. The number of nitrogens with zero attached hydrogens (tertiary/aromatic N) is 4. The Morgan fingerprint density at radius 2 is 1.62 bits per heavy atom. The Bertz CT molecular complexity index is 1100. The van der Waals surface area contributed by atoms with E-state index in [1.165, 1.54) is 0 Å². The smallest absolute Gasteiger partial charge is 0.270 e. The van der Waals surface area contributed by atoms with E-state index in [2.05, 4.69) is 36.1 Å². The molecule has 0 aliphatic rings. The molecule has 1 aromatic carbocycles. The highest BCUT2D eigenvalue weighted by atomic mass is 16.1. The second-order valence-electron chi connectivity index (χ2n) is 6.23. The Balaban J connectivity index is 1.27. The Labute approximate surface area is 167 Å². The number of carbonyl (C=O) groups excluding carboxylic acids is 1. The Hall–Kier alpha value is -4.07. The van der Waals surface area contributed by atoms with Gasteiger partial charge in [0.25, 0.3) is 5.91 Å². The molecule has 29 heavy (non-hydrogen) atoms. The minimum absolute atomic E-state index is 0.202. The predicted octanol–water partition coefficient (Wildman–Crippen LogP) is 3.01. The van der Waals surface area contributed by atoms with Crippen molar-refractivity contribution in [1.29, 1.82) is 0 Å². The van der Waals surface area contributed by atoms with E-state index in [4.69, 9.17) is 0 Å². The first-order chi connectivity index (χ1) is 14.3. The standard InChI is InChI=1S/C21H19N7O/c29-21(20-17-4-2-1-3-15(17)7-12-24-20)25-14-13-23-18-5-6-19(28-27-18)26-16-8-10-22-11-9-16/h1-12H,13-14H2,(H,23,27)(H,25,29)(H,22,26,28). The molecule has 4 rings (SSSR count). The summed E-state index contributed by atoms with van der Waals surface area (Å²) in [5.74, 6) is 1.06. The summed E-state index contributed by atoms with van der Waals surface area (Å²) in [5, 5.41) is 19.2. The molecule has 4 aromatic rings. The van der Waals surface area contributed by atoms with Crippen molar-refractivity contribution in [3.05, 3.63) is 78.9 Å². The summed E-state index contributed by atoms with van der Waals surface area (Å²) in [6.45, 7) is 0.949. The third-order valence-corrected chi connectivity index (χ3v) is 4.22. The van der Waals surface area contributed by atoms with Gasteiger partial charge in [0.15, 0.2) is 5.82 Å². The van der Waals surface area contributed by atoms with Crippen LogP contribution >= 0.6 is 0 Å². The fraction of sp³-hybridized carbons (Fsp3) is 0.0952. The van der Waals surface area contributed by atoms with Gasteiger partial charge < -0.3 is 16.0 Å². The summed E-state index contributed by atoms with van der Waals surface area (Å²) in [7, 11) is 0. The maximum atomic E-state index is 12.4. The molecule has 0 saturated heterocycles. The number of carbonyl (C=O) groups is 1. The summed E-state index contributed by atoms with van der Waals surface area (Å²) < 4.78 is 0. The lowest BCUT2D eigenvalue weighted by molar-refractivity contribution is 0.0952. The van der Waals surface area contributed by atoms with Crippen LogP contribution in [0.4, 0.5) is 17.3 Å². The number of rotatable bonds is 7. The first kappa shape index (κ1) is 18.3. The molecule has 0 unspecified atom stereocenters. The van der Waals surface area contributed by atoms with Crippen molar-refractivity contribution in [1.82, 2.24) is 25.5 Å². The van der Waals surface area contributed by atoms with Crippen LogP contribution in [0, 0.1) is 0 Å². The normalized spacial score (nSPS) is 10.5. The summed E-state index contributed by atoms with van der Waals surface area (Å²) in [4.78, 5) is 20.6. The molecule has 8 nitrogen and oxygen atoms in total. The number of hydrogen-bond acceptors (Lipinski definition) is 7. The van der Waals surface area contributed by atoms with E-state index in [0.29, 0.717) is 30.4 Å². The van der Waals surface area contributed by atoms with Crippen molar-refractivity contribution in [2.45, 2.75) is 0 Å². The lowest BCUT2D eigenvalue weighted by atomic mass is 10.1. The van der Waals surface area contributed by atoms with E-state index in [9.17, 15) is 4.79 Å². The highest BCUT2D eigenvalue weighted by Crippen LogP contribution is 2.16. The lowest BCUT2D eigenvalue weighted by Crippen LogP contribution is -2.29. The fourth-order valence-electron chi connectivity index (χ4n) is 2.83. The zero-order valence-corrected chi connectivity index (χ0v) is 15.5. The number of pyridine rings is 2. The highest BCUT2D eigenvalue weighted by molar-refractivity contribution is 6.05. The summed E-state index contributed by atoms with van der Waals surface area (Å²) in [6, 6.07) is 16.9. The first-order valence-electron chi connectivity index (χ1n) is 9.16. The van der Waals surface area contributed by atoms with Gasteiger partial charge in [-0.25, -0.2) is 0 Å². The predicted molar refractivity (Wildman–Crippen MR) is 112 cm³/mol. The molecule has 144 valence electrons. The van der Waals surface area contributed by atoms with E-state index in [-0.39, 0.29) is 5.91 Å². The topological polar surface area (TPSA) is 105 Å². The minimum atomic E-state index is -0.202. The summed E-state index contributed by atoms with van der Waals surface area (Å²) in [6.07, 6.45) is 5.05. The molecular formula is C21H19N7O. The van der Waals surface area contributed by atoms with Crippen LogP contribution in [0.5, 0.6) is 0 Å². The van der Waals surface area contributed by atoms with Crippen molar-refractivity contribution >= 4 is 34.0 Å². The molecule has 0 saturated carbocycles. The van der Waals surface area contributed by atoms with Gasteiger partial charge in [-0.1, -0.05) is 24.3 Å². The van der Waals surface area contributed by atoms with Crippen molar-refractivity contribution in [3.63, 3.8) is 0 Å². The van der Waals surface area contributed by atoms with Crippen LogP contribution in [-0.2, 0) is 0 Å². The molecule has 0 aliphatic heterocycles. The number of fused-ring (bicyclic) bond motifs is 1. The highest BCUT2D eigenvalue weighted by Gasteiger charge is 2.10. The minimum Gasteiger partial charge on any atom is -0.367 e. The van der Waals surface area contributed by atoms with Crippen LogP contribution < -0.4 is 16.0 Å². The number of benzene rings is 1. The molecular weight excluding hydrogens is 366 g/mol. The number of anilines is 3. The molecule has 3 N–H and O–H groups in total. The molecule has 0 radical (unpaired) electrons. The van der Waals surface area contributed by atoms with Crippen LogP contribution in [0.3, 0.4) is 0 Å². The van der Waals surface area contributed by atoms with Gasteiger partial charge in [-0.05, 0) is 35.7 Å². The lowest BCUT2D eigenvalue weighted by Gasteiger charge is -2.09. The quantitative estimate of drug-likeness (QED) is 0.420. The third-order valence-electron chi connectivity index (χ3n) is 4.22. The summed E-state index contributed by atoms with van der Waals surface area (Å²) >= 11 is 0. The van der Waals surface area contributed by atoms with E-state index in [0.717, 1.165) is 16.5 Å². The second kappa shape index (κ2) is 8.75. The van der Waals surface area contributed by atoms with Gasteiger partial charge in [0, 0.05) is 42.8 Å². The average molecular weight is 385 g/mol. The zero-order chi connectivity index (χ0) is 19.9. The Morgan fingerprint density at radius 1 is 0.828 bits per heavy atom. The molecule has 1 amide bonds. The zero-order valence-electron chi connectivity index (χ0n) is 15.5. The van der Waals surface area contributed by atoms with E-state index in [1.54, 1.807) is 18.6 Å². The van der Waals surface area contributed by atoms with E-state index in [1.807, 2.05) is 54.6 Å². The van der Waals surface area contributed by atoms with Gasteiger partial charge >= 0.3 is 0 Å². The Morgan fingerprint density at radius 3 is 2.45 bits per heavy atom. The van der Waals surface area contributed by atoms with Gasteiger partial charge in [0.1, 0.15) is 11.5 Å². The molecule has 0 spiro atoms. The van der Waals surface area contributed by atoms with Crippen molar-refractivity contribution in [3.8, 4) is 0 Å². The molecule has 0 atom stereocenters. The first-order valence-corrected chi connectivity index (χ1v) is 9.16. The maximum Gasteiger partial charge on any atom is 0.270 e. The number of amides is 1. The molecule has 0 fully saturated rings. The van der Waals surface area contributed by atoms with Crippen LogP contribution in [0.1, 0.15) is 10.5 Å². The van der Waals surface area contributed by atoms with Crippen molar-refractivity contribution in [2.75, 3.05) is 23.7 Å². The van der Waals surface area contributed by atoms with Gasteiger partial charge in [-0.15, -0.1) is 10.2 Å².